The largest absolute Gasteiger partial charge is 0.422 e. The van der Waals surface area contributed by atoms with Crippen LogP contribution in [0.15, 0.2) is 42.5 Å². The molecule has 22 heavy (non-hydrogen) atoms. The highest BCUT2D eigenvalue weighted by Crippen LogP contribution is 2.25. The number of rotatable bonds is 5. The van der Waals surface area contributed by atoms with Gasteiger partial charge in [0.15, 0.2) is 5.78 Å². The zero-order valence-corrected chi connectivity index (χ0v) is 12.7. The van der Waals surface area contributed by atoms with Gasteiger partial charge < -0.3 is 4.74 Å². The van der Waals surface area contributed by atoms with E-state index in [1.807, 2.05) is 6.92 Å². The molecule has 0 heterocycles. The summed E-state index contributed by atoms with van der Waals surface area (Å²) in [5.41, 5.74) is 0.468. The van der Waals surface area contributed by atoms with Crippen molar-refractivity contribution in [1.82, 2.24) is 0 Å². The Bertz CT molecular complexity index is 696. The molecule has 0 aromatic heterocycles. The summed E-state index contributed by atoms with van der Waals surface area (Å²) < 4.78 is 18.1. The first kappa shape index (κ1) is 16.2. The third-order valence-corrected chi connectivity index (χ3v) is 3.24. The average molecular weight is 321 g/mol. The van der Waals surface area contributed by atoms with Crippen molar-refractivity contribution in [2.45, 2.75) is 19.8 Å². The number of halogens is 2. The molecule has 0 atom stereocenters. The monoisotopic (exact) mass is 320 g/mol. The SMILES string of the molecule is CCCC(=O)c1cc(Cl)ccc1OC(=O)c1ccc(F)cc1. The minimum absolute atomic E-state index is 0.146. The lowest BCUT2D eigenvalue weighted by molar-refractivity contribution is 0.0732. The zero-order valence-electron chi connectivity index (χ0n) is 11.9. The molecule has 3 nitrogen and oxygen atoms in total. The van der Waals surface area contributed by atoms with Crippen molar-refractivity contribution in [3.8, 4) is 5.75 Å². The molecule has 2 rings (SSSR count). The van der Waals surface area contributed by atoms with E-state index in [1.54, 1.807) is 0 Å². The number of benzene rings is 2. The highest BCUT2D eigenvalue weighted by Gasteiger charge is 2.16. The molecule has 0 saturated carbocycles. The van der Waals surface area contributed by atoms with E-state index in [1.165, 1.54) is 42.5 Å². The first-order valence-electron chi connectivity index (χ1n) is 6.81. The molecule has 2 aromatic rings. The van der Waals surface area contributed by atoms with Crippen molar-refractivity contribution in [2.75, 3.05) is 0 Å². The number of carbonyl (C=O) groups excluding carboxylic acids is 2. The van der Waals surface area contributed by atoms with Crippen molar-refractivity contribution in [3.05, 3.63) is 64.4 Å². The van der Waals surface area contributed by atoms with Gasteiger partial charge in [-0.1, -0.05) is 18.5 Å². The summed E-state index contributed by atoms with van der Waals surface area (Å²) in [5.74, 6) is -1.10. The molecule has 0 aliphatic rings. The molecule has 0 radical (unpaired) electrons. The molecule has 0 bridgehead atoms. The lowest BCUT2D eigenvalue weighted by atomic mass is 10.1. The smallest absolute Gasteiger partial charge is 0.343 e. The Kier molecular flexibility index (Phi) is 5.28. The molecule has 0 aliphatic carbocycles. The van der Waals surface area contributed by atoms with Crippen molar-refractivity contribution < 1.29 is 18.7 Å². The molecule has 0 saturated heterocycles. The Morgan fingerprint density at radius 1 is 1.14 bits per heavy atom. The minimum atomic E-state index is -0.659. The predicted octanol–water partition coefficient (Wildman–Crippen LogP) is 4.68. The van der Waals surface area contributed by atoms with Crippen molar-refractivity contribution in [1.29, 1.82) is 0 Å². The van der Waals surface area contributed by atoms with Crippen LogP contribution in [0.1, 0.15) is 40.5 Å². The van der Waals surface area contributed by atoms with Crippen LogP contribution < -0.4 is 4.74 Å². The van der Waals surface area contributed by atoms with Gasteiger partial charge in [-0.15, -0.1) is 0 Å². The van der Waals surface area contributed by atoms with Crippen LogP contribution >= 0.6 is 11.6 Å². The van der Waals surface area contributed by atoms with Crippen LogP contribution in [0.4, 0.5) is 4.39 Å². The molecule has 0 aliphatic heterocycles. The Labute approximate surface area is 132 Å². The number of Topliss-reactive ketones (excluding diaryl/α,β-unsaturated/α-hetero) is 1. The lowest BCUT2D eigenvalue weighted by Gasteiger charge is -2.10. The summed E-state index contributed by atoms with van der Waals surface area (Å²) in [6.07, 6.45) is 1.01. The third kappa shape index (κ3) is 3.92. The van der Waals surface area contributed by atoms with Crippen molar-refractivity contribution in [3.63, 3.8) is 0 Å². The van der Waals surface area contributed by atoms with Gasteiger partial charge in [0.05, 0.1) is 11.1 Å². The van der Waals surface area contributed by atoms with E-state index in [2.05, 4.69) is 0 Å². The molecule has 5 heteroatoms. The van der Waals surface area contributed by atoms with Gasteiger partial charge in [0.25, 0.3) is 0 Å². The predicted molar refractivity (Wildman–Crippen MR) is 82.0 cm³/mol. The van der Waals surface area contributed by atoms with Crippen LogP contribution in [-0.2, 0) is 0 Å². The number of hydrogen-bond acceptors (Lipinski definition) is 3. The molecule has 0 spiro atoms. The summed E-state index contributed by atoms with van der Waals surface area (Å²) in [6, 6.07) is 9.47. The third-order valence-electron chi connectivity index (χ3n) is 3.00. The minimum Gasteiger partial charge on any atom is -0.422 e. The second-order valence-corrected chi connectivity index (χ2v) is 5.15. The van der Waals surface area contributed by atoms with Gasteiger partial charge in [-0.05, 0) is 48.9 Å². The molecule has 2 aromatic carbocycles. The van der Waals surface area contributed by atoms with Gasteiger partial charge in [0, 0.05) is 11.4 Å². The molecule has 0 unspecified atom stereocenters. The van der Waals surface area contributed by atoms with Gasteiger partial charge in [-0.2, -0.15) is 0 Å². The van der Waals surface area contributed by atoms with E-state index in [9.17, 15) is 14.0 Å². The van der Waals surface area contributed by atoms with E-state index in [0.717, 1.165) is 0 Å². The molecular weight excluding hydrogens is 307 g/mol. The van der Waals surface area contributed by atoms with Crippen LogP contribution in [0.3, 0.4) is 0 Å². The maximum atomic E-state index is 12.9. The van der Waals surface area contributed by atoms with Crippen molar-refractivity contribution >= 4 is 23.4 Å². The molecule has 114 valence electrons. The second-order valence-electron chi connectivity index (χ2n) is 4.71. The quantitative estimate of drug-likeness (QED) is 0.456. The average Bonchev–Trinajstić information content (AvgIpc) is 2.50. The van der Waals surface area contributed by atoms with Crippen LogP contribution in [0.2, 0.25) is 5.02 Å². The van der Waals surface area contributed by atoms with E-state index >= 15 is 0 Å². The summed E-state index contributed by atoms with van der Waals surface area (Å²) in [4.78, 5) is 24.1. The van der Waals surface area contributed by atoms with E-state index in [4.69, 9.17) is 16.3 Å². The lowest BCUT2D eigenvalue weighted by Crippen LogP contribution is -2.11. The normalized spacial score (nSPS) is 10.3. The second kappa shape index (κ2) is 7.18. The fourth-order valence-electron chi connectivity index (χ4n) is 1.92. The van der Waals surface area contributed by atoms with Gasteiger partial charge in [0.2, 0.25) is 0 Å². The summed E-state index contributed by atoms with van der Waals surface area (Å²) in [7, 11) is 0. The summed E-state index contributed by atoms with van der Waals surface area (Å²) in [6.45, 7) is 1.88. The standard InChI is InChI=1S/C17H14ClFO3/c1-2-3-15(20)14-10-12(18)6-9-16(14)22-17(21)11-4-7-13(19)8-5-11/h4-10H,2-3H2,1H3. The summed E-state index contributed by atoms with van der Waals surface area (Å²) >= 11 is 5.90. The van der Waals surface area contributed by atoms with Gasteiger partial charge in [-0.25, -0.2) is 9.18 Å². The van der Waals surface area contributed by atoms with Crippen LogP contribution in [-0.4, -0.2) is 11.8 Å². The first-order chi connectivity index (χ1) is 10.5. The molecular formula is C17H14ClFO3. The maximum Gasteiger partial charge on any atom is 0.343 e. The number of carbonyl (C=O) groups is 2. The fraction of sp³-hybridized carbons (Fsp3) is 0.176. The van der Waals surface area contributed by atoms with Crippen LogP contribution in [0.5, 0.6) is 5.75 Å². The van der Waals surface area contributed by atoms with Gasteiger partial charge in [0.1, 0.15) is 11.6 Å². The Hall–Kier alpha value is -2.20. The van der Waals surface area contributed by atoms with E-state index < -0.39 is 11.8 Å². The number of ether oxygens (including phenoxy) is 1. The molecule has 0 fully saturated rings. The number of ketones is 1. The van der Waals surface area contributed by atoms with E-state index in [-0.39, 0.29) is 22.7 Å². The number of hydrogen-bond donors (Lipinski definition) is 0. The van der Waals surface area contributed by atoms with Gasteiger partial charge in [-0.3, -0.25) is 4.79 Å². The fourth-order valence-corrected chi connectivity index (χ4v) is 2.09. The molecule has 0 N–H and O–H groups in total. The molecule has 0 amide bonds. The van der Waals surface area contributed by atoms with Crippen LogP contribution in [0.25, 0.3) is 0 Å². The number of esters is 1. The zero-order chi connectivity index (χ0) is 16.1. The van der Waals surface area contributed by atoms with Crippen LogP contribution in [0, 0.1) is 5.82 Å². The Morgan fingerprint density at radius 3 is 2.45 bits per heavy atom. The Morgan fingerprint density at radius 2 is 1.82 bits per heavy atom. The highest BCUT2D eigenvalue weighted by atomic mass is 35.5. The van der Waals surface area contributed by atoms with Crippen molar-refractivity contribution in [2.24, 2.45) is 0 Å². The topological polar surface area (TPSA) is 43.4 Å². The first-order valence-corrected chi connectivity index (χ1v) is 7.19. The summed E-state index contributed by atoms with van der Waals surface area (Å²) in [5, 5.41) is 0.390. The Balaban J connectivity index is 2.27. The van der Waals surface area contributed by atoms with E-state index in [0.29, 0.717) is 17.9 Å². The maximum absolute atomic E-state index is 12.9. The van der Waals surface area contributed by atoms with Gasteiger partial charge >= 0.3 is 5.97 Å². The highest BCUT2D eigenvalue weighted by molar-refractivity contribution is 6.31.